The Morgan fingerprint density at radius 1 is 1.48 bits per heavy atom. The normalized spacial score (nSPS) is 17.1. The van der Waals surface area contributed by atoms with Crippen molar-refractivity contribution < 1.29 is 13.9 Å². The van der Waals surface area contributed by atoms with Crippen molar-refractivity contribution in [2.75, 3.05) is 6.61 Å². The molecule has 1 saturated carbocycles. The van der Waals surface area contributed by atoms with Crippen LogP contribution >= 0.6 is 0 Å². The van der Waals surface area contributed by atoms with Crippen molar-refractivity contribution >= 4 is 5.91 Å². The standard InChI is InChI=1S/C16H23FN2O2/c1-10(18)7-16(20)19-11(2)13-5-6-15(14(17)8-13)21-9-12-3-4-12/h5-6,8,10-12H,3-4,7,9,18H2,1-2H3,(H,19,20). The number of rotatable bonds is 7. The molecule has 3 N–H and O–H groups in total. The van der Waals surface area contributed by atoms with Gasteiger partial charge in [-0.15, -0.1) is 0 Å². The highest BCUT2D eigenvalue weighted by atomic mass is 19.1. The van der Waals surface area contributed by atoms with E-state index >= 15 is 0 Å². The van der Waals surface area contributed by atoms with Crippen LogP contribution in [0.5, 0.6) is 5.75 Å². The fourth-order valence-corrected chi connectivity index (χ4v) is 2.07. The van der Waals surface area contributed by atoms with Crippen LogP contribution in [0.4, 0.5) is 4.39 Å². The van der Waals surface area contributed by atoms with E-state index in [1.54, 1.807) is 19.1 Å². The molecule has 0 saturated heterocycles. The molecule has 5 heteroatoms. The van der Waals surface area contributed by atoms with Gasteiger partial charge in [-0.25, -0.2) is 4.39 Å². The van der Waals surface area contributed by atoms with Crippen molar-refractivity contribution in [1.82, 2.24) is 5.32 Å². The number of benzene rings is 1. The molecule has 1 amide bonds. The quantitative estimate of drug-likeness (QED) is 0.812. The second-order valence-corrected chi connectivity index (χ2v) is 5.91. The number of nitrogens with two attached hydrogens (primary N) is 1. The van der Waals surface area contributed by atoms with Crippen LogP contribution in [-0.4, -0.2) is 18.6 Å². The Kier molecular flexibility index (Phi) is 5.17. The molecule has 21 heavy (non-hydrogen) atoms. The van der Waals surface area contributed by atoms with Crippen LogP contribution in [-0.2, 0) is 4.79 Å². The minimum atomic E-state index is -0.388. The lowest BCUT2D eigenvalue weighted by Crippen LogP contribution is -2.31. The summed E-state index contributed by atoms with van der Waals surface area (Å²) in [5.74, 6) is 0.341. The smallest absolute Gasteiger partial charge is 0.222 e. The van der Waals surface area contributed by atoms with E-state index in [0.29, 0.717) is 18.1 Å². The molecular weight excluding hydrogens is 271 g/mol. The van der Waals surface area contributed by atoms with E-state index in [4.69, 9.17) is 10.5 Å². The molecule has 116 valence electrons. The molecule has 0 spiro atoms. The lowest BCUT2D eigenvalue weighted by molar-refractivity contribution is -0.122. The van der Waals surface area contributed by atoms with Crippen LogP contribution in [0.3, 0.4) is 0 Å². The van der Waals surface area contributed by atoms with Gasteiger partial charge < -0.3 is 15.8 Å². The number of hydrogen-bond acceptors (Lipinski definition) is 3. The van der Waals surface area contributed by atoms with Crippen molar-refractivity contribution in [3.8, 4) is 5.75 Å². The minimum absolute atomic E-state index is 0.132. The van der Waals surface area contributed by atoms with Crippen LogP contribution in [0.1, 0.15) is 44.7 Å². The number of carbonyl (C=O) groups excluding carboxylic acids is 1. The molecule has 1 fully saturated rings. The van der Waals surface area contributed by atoms with E-state index < -0.39 is 0 Å². The summed E-state index contributed by atoms with van der Waals surface area (Å²) in [4.78, 5) is 11.7. The zero-order chi connectivity index (χ0) is 15.4. The summed E-state index contributed by atoms with van der Waals surface area (Å²) >= 11 is 0. The molecule has 0 bridgehead atoms. The summed E-state index contributed by atoms with van der Waals surface area (Å²) in [6.07, 6.45) is 2.60. The van der Waals surface area contributed by atoms with Crippen LogP contribution in [0.25, 0.3) is 0 Å². The average Bonchev–Trinajstić information content (AvgIpc) is 3.20. The Morgan fingerprint density at radius 2 is 2.19 bits per heavy atom. The third-order valence-corrected chi connectivity index (χ3v) is 3.51. The Morgan fingerprint density at radius 3 is 2.76 bits per heavy atom. The fraction of sp³-hybridized carbons (Fsp3) is 0.562. The predicted molar refractivity (Wildman–Crippen MR) is 79.4 cm³/mol. The zero-order valence-corrected chi connectivity index (χ0v) is 12.6. The van der Waals surface area contributed by atoms with E-state index in [1.807, 2.05) is 6.92 Å². The molecule has 1 aromatic rings. The molecule has 0 radical (unpaired) electrons. The van der Waals surface area contributed by atoms with Gasteiger partial charge in [0.1, 0.15) is 0 Å². The Bertz CT molecular complexity index is 501. The van der Waals surface area contributed by atoms with Crippen LogP contribution in [0.15, 0.2) is 18.2 Å². The maximum atomic E-state index is 14.0. The van der Waals surface area contributed by atoms with E-state index in [9.17, 15) is 9.18 Å². The summed E-state index contributed by atoms with van der Waals surface area (Å²) in [6, 6.07) is 4.37. The molecule has 1 aromatic carbocycles. The first kappa shape index (κ1) is 15.8. The summed E-state index contributed by atoms with van der Waals surface area (Å²) in [5, 5.41) is 2.81. The largest absolute Gasteiger partial charge is 0.490 e. The molecule has 0 aliphatic heterocycles. The fourth-order valence-electron chi connectivity index (χ4n) is 2.07. The molecule has 2 unspecified atom stereocenters. The van der Waals surface area contributed by atoms with Gasteiger partial charge >= 0.3 is 0 Å². The maximum absolute atomic E-state index is 14.0. The van der Waals surface area contributed by atoms with Crippen molar-refractivity contribution in [3.63, 3.8) is 0 Å². The number of halogens is 1. The number of nitrogens with one attached hydrogen (secondary N) is 1. The van der Waals surface area contributed by atoms with Crippen molar-refractivity contribution in [1.29, 1.82) is 0 Å². The third kappa shape index (κ3) is 5.01. The first-order valence-corrected chi connectivity index (χ1v) is 7.43. The van der Waals surface area contributed by atoms with Gasteiger partial charge in [0, 0.05) is 12.5 Å². The Labute approximate surface area is 124 Å². The topological polar surface area (TPSA) is 64.4 Å². The van der Waals surface area contributed by atoms with Gasteiger partial charge in [-0.1, -0.05) is 6.07 Å². The molecule has 2 atom stereocenters. The molecule has 4 nitrogen and oxygen atoms in total. The Balaban J connectivity index is 1.92. The zero-order valence-electron chi connectivity index (χ0n) is 12.6. The van der Waals surface area contributed by atoms with Crippen molar-refractivity contribution in [3.05, 3.63) is 29.6 Å². The number of amides is 1. The summed E-state index contributed by atoms with van der Waals surface area (Å²) in [7, 11) is 0. The maximum Gasteiger partial charge on any atom is 0.222 e. The lowest BCUT2D eigenvalue weighted by atomic mass is 10.1. The van der Waals surface area contributed by atoms with Crippen LogP contribution < -0.4 is 15.8 Å². The minimum Gasteiger partial charge on any atom is -0.490 e. The molecule has 1 aliphatic rings. The van der Waals surface area contributed by atoms with E-state index in [0.717, 1.165) is 0 Å². The summed E-state index contributed by atoms with van der Waals surface area (Å²) in [6.45, 7) is 4.17. The monoisotopic (exact) mass is 294 g/mol. The second-order valence-electron chi connectivity index (χ2n) is 5.91. The van der Waals surface area contributed by atoms with Crippen LogP contribution in [0, 0.1) is 11.7 Å². The van der Waals surface area contributed by atoms with Crippen molar-refractivity contribution in [2.45, 2.75) is 45.2 Å². The second kappa shape index (κ2) is 6.89. The molecule has 0 aromatic heterocycles. The van der Waals surface area contributed by atoms with E-state index in [2.05, 4.69) is 5.32 Å². The Hall–Kier alpha value is -1.62. The highest BCUT2D eigenvalue weighted by molar-refractivity contribution is 5.77. The third-order valence-electron chi connectivity index (χ3n) is 3.51. The van der Waals surface area contributed by atoms with E-state index in [1.165, 1.54) is 18.9 Å². The van der Waals surface area contributed by atoms with Gasteiger partial charge in [0.25, 0.3) is 0 Å². The van der Waals surface area contributed by atoms with Crippen LogP contribution in [0.2, 0.25) is 0 Å². The lowest BCUT2D eigenvalue weighted by Gasteiger charge is -2.16. The summed E-state index contributed by atoms with van der Waals surface area (Å²) in [5.41, 5.74) is 6.29. The van der Waals surface area contributed by atoms with Gasteiger partial charge in [0.15, 0.2) is 11.6 Å². The molecular formula is C16H23FN2O2. The predicted octanol–water partition coefficient (Wildman–Crippen LogP) is 2.53. The first-order chi connectivity index (χ1) is 9.95. The number of ether oxygens (including phenoxy) is 1. The first-order valence-electron chi connectivity index (χ1n) is 7.43. The molecule has 1 aliphatic carbocycles. The number of hydrogen-bond donors (Lipinski definition) is 2. The van der Waals surface area contributed by atoms with Gasteiger partial charge in [0.05, 0.1) is 12.6 Å². The molecule has 0 heterocycles. The van der Waals surface area contributed by atoms with Gasteiger partial charge in [0.2, 0.25) is 5.91 Å². The highest BCUT2D eigenvalue weighted by Crippen LogP contribution is 2.30. The van der Waals surface area contributed by atoms with E-state index in [-0.39, 0.29) is 36.0 Å². The molecule has 2 rings (SSSR count). The highest BCUT2D eigenvalue weighted by Gasteiger charge is 2.22. The summed E-state index contributed by atoms with van der Waals surface area (Å²) < 4.78 is 19.4. The van der Waals surface area contributed by atoms with Gasteiger partial charge in [-0.05, 0) is 50.3 Å². The number of carbonyl (C=O) groups is 1. The van der Waals surface area contributed by atoms with Gasteiger partial charge in [-0.3, -0.25) is 4.79 Å². The SMILES string of the molecule is CC(N)CC(=O)NC(C)c1ccc(OCC2CC2)c(F)c1. The average molecular weight is 294 g/mol. The van der Waals surface area contributed by atoms with Gasteiger partial charge in [-0.2, -0.15) is 0 Å². The van der Waals surface area contributed by atoms with Crippen molar-refractivity contribution in [2.24, 2.45) is 11.7 Å².